The van der Waals surface area contributed by atoms with E-state index in [1.807, 2.05) is 33.3 Å². The molecule has 0 aliphatic rings. The number of unbranched alkanes of at least 4 members (excludes halogenated alkanes) is 41. The zero-order chi connectivity index (χ0) is 58.6. The molecule has 0 bridgehead atoms. The Morgan fingerprint density at radius 2 is 0.762 bits per heavy atom. The van der Waals surface area contributed by atoms with Crippen molar-refractivity contribution in [2.45, 2.75) is 348 Å². The first kappa shape index (κ1) is 78.0. The van der Waals surface area contributed by atoms with Crippen LogP contribution >= 0.6 is 7.82 Å². The molecule has 0 aliphatic carbocycles. The number of amides is 1. The van der Waals surface area contributed by atoms with E-state index in [-0.39, 0.29) is 31.5 Å². The normalized spacial score (nSPS) is 13.8. The van der Waals surface area contributed by atoms with Gasteiger partial charge in [-0.25, -0.2) is 4.57 Å². The molecule has 10 heteroatoms. The predicted octanol–water partition coefficient (Wildman–Crippen LogP) is 21.6. The van der Waals surface area contributed by atoms with E-state index in [0.717, 1.165) is 83.5 Å². The Labute approximate surface area is 497 Å². The van der Waals surface area contributed by atoms with E-state index in [0.29, 0.717) is 17.4 Å². The van der Waals surface area contributed by atoms with E-state index in [4.69, 9.17) is 13.8 Å². The minimum absolute atomic E-state index is 0.0405. The molecule has 0 saturated heterocycles. The van der Waals surface area contributed by atoms with Crippen molar-refractivity contribution in [2.24, 2.45) is 0 Å². The fourth-order valence-corrected chi connectivity index (χ4v) is 10.9. The first-order valence-corrected chi connectivity index (χ1v) is 36.0. The third-order valence-electron chi connectivity index (χ3n) is 15.5. The van der Waals surface area contributed by atoms with Crippen molar-refractivity contribution in [3.8, 4) is 0 Å². The summed E-state index contributed by atoms with van der Waals surface area (Å²) in [4.78, 5) is 37.8. The summed E-state index contributed by atoms with van der Waals surface area (Å²) >= 11 is 0. The maximum Gasteiger partial charge on any atom is 0.472 e. The Morgan fingerprint density at radius 3 is 1.16 bits per heavy atom. The van der Waals surface area contributed by atoms with Crippen molar-refractivity contribution in [2.75, 3.05) is 40.9 Å². The molecule has 0 saturated carbocycles. The van der Waals surface area contributed by atoms with Gasteiger partial charge in [-0.15, -0.1) is 0 Å². The molecule has 1 amide bonds. The molecule has 0 aromatic rings. The Bertz CT molecular complexity index is 1510. The quantitative estimate of drug-likeness (QED) is 0.0205. The molecule has 0 radical (unpaired) electrons. The lowest BCUT2D eigenvalue weighted by Crippen LogP contribution is -2.47. The highest BCUT2D eigenvalue weighted by Crippen LogP contribution is 2.43. The lowest BCUT2D eigenvalue weighted by Gasteiger charge is -2.27. The van der Waals surface area contributed by atoms with Crippen LogP contribution in [0, 0.1) is 0 Å². The van der Waals surface area contributed by atoms with E-state index < -0.39 is 20.0 Å². The van der Waals surface area contributed by atoms with Gasteiger partial charge in [-0.2, -0.15) is 0 Å². The summed E-state index contributed by atoms with van der Waals surface area (Å²) < 4.78 is 30.8. The molecule has 0 spiro atoms. The molecular weight excluding hydrogens is 1010 g/mol. The molecule has 2 N–H and O–H groups in total. The number of carbonyl (C=O) groups excluding carboxylic acids is 2. The topological polar surface area (TPSA) is 111 Å². The van der Waals surface area contributed by atoms with Crippen molar-refractivity contribution in [3.63, 3.8) is 0 Å². The van der Waals surface area contributed by atoms with Crippen molar-refractivity contribution >= 4 is 19.7 Å². The molecule has 80 heavy (non-hydrogen) atoms. The van der Waals surface area contributed by atoms with Crippen molar-refractivity contribution in [1.29, 1.82) is 0 Å². The average molecular weight is 1150 g/mol. The number of ether oxygens (including phenoxy) is 1. The number of esters is 1. The minimum Gasteiger partial charge on any atom is -0.456 e. The summed E-state index contributed by atoms with van der Waals surface area (Å²) in [5.41, 5.74) is 0. The van der Waals surface area contributed by atoms with Crippen LogP contribution in [0.1, 0.15) is 335 Å². The number of phosphoric acid groups is 1. The van der Waals surface area contributed by atoms with Crippen LogP contribution in [-0.2, 0) is 27.9 Å². The third kappa shape index (κ3) is 60.6. The van der Waals surface area contributed by atoms with Crippen LogP contribution in [-0.4, -0.2) is 74.3 Å². The van der Waals surface area contributed by atoms with Crippen LogP contribution in [0.4, 0.5) is 0 Å². The van der Waals surface area contributed by atoms with Gasteiger partial charge in [-0.1, -0.05) is 301 Å². The SMILES string of the molecule is CCCCC/C=C\C/C=C\C/C=C\CCCCCCCCCCC(=O)OC(/C=C/CCCCCCCCCCCC)C(COP(=O)(O)OCC[N+](C)(C)C)NC(=O)CCCCCCCCCCCCCCCCCCCCCCC. The van der Waals surface area contributed by atoms with Gasteiger partial charge in [0, 0.05) is 12.8 Å². The smallest absolute Gasteiger partial charge is 0.456 e. The molecule has 0 aromatic heterocycles. The molecule has 0 heterocycles. The van der Waals surface area contributed by atoms with E-state index in [1.54, 1.807) is 0 Å². The average Bonchev–Trinajstić information content (AvgIpc) is 3.42. The van der Waals surface area contributed by atoms with Crippen molar-refractivity contribution < 1.29 is 37.3 Å². The first-order valence-electron chi connectivity index (χ1n) is 34.5. The summed E-state index contributed by atoms with van der Waals surface area (Å²) in [5.74, 6) is -0.498. The zero-order valence-electron chi connectivity index (χ0n) is 53.8. The van der Waals surface area contributed by atoms with E-state index in [2.05, 4.69) is 62.5 Å². The second kappa shape index (κ2) is 60.1. The van der Waals surface area contributed by atoms with Gasteiger partial charge in [0.1, 0.15) is 19.3 Å². The molecule has 9 nitrogen and oxygen atoms in total. The lowest BCUT2D eigenvalue weighted by molar-refractivity contribution is -0.870. The number of allylic oxidation sites excluding steroid dienone is 7. The maximum absolute atomic E-state index is 13.6. The number of hydrogen-bond donors (Lipinski definition) is 2. The summed E-state index contributed by atoms with van der Waals surface area (Å²) in [6, 6.07) is -0.850. The number of quaternary nitrogens is 1. The Morgan fingerprint density at radius 1 is 0.438 bits per heavy atom. The summed E-state index contributed by atoms with van der Waals surface area (Å²) in [6.45, 7) is 7.03. The lowest BCUT2D eigenvalue weighted by atomic mass is 10.0. The zero-order valence-corrected chi connectivity index (χ0v) is 54.7. The van der Waals surface area contributed by atoms with Gasteiger partial charge in [0.05, 0.1) is 33.8 Å². The van der Waals surface area contributed by atoms with Gasteiger partial charge in [0.2, 0.25) is 5.91 Å². The van der Waals surface area contributed by atoms with Gasteiger partial charge < -0.3 is 19.4 Å². The van der Waals surface area contributed by atoms with Gasteiger partial charge in [0.25, 0.3) is 0 Å². The van der Waals surface area contributed by atoms with Gasteiger partial charge in [-0.3, -0.25) is 18.6 Å². The number of nitrogens with one attached hydrogen (secondary N) is 1. The van der Waals surface area contributed by atoms with Gasteiger partial charge in [0.15, 0.2) is 0 Å². The largest absolute Gasteiger partial charge is 0.472 e. The fourth-order valence-electron chi connectivity index (χ4n) is 10.2. The highest BCUT2D eigenvalue weighted by Gasteiger charge is 2.30. The molecule has 3 unspecified atom stereocenters. The standard InChI is InChI=1S/C70H133N2O7P/c1-7-10-13-16-19-22-25-28-30-32-34-36-38-40-42-44-47-50-53-56-59-62-69(73)71-67(66-78-80(75,76)77-65-64-72(4,5)6)68(61-58-55-52-49-46-27-24-21-18-15-12-9-3)79-70(74)63-60-57-54-51-48-45-43-41-39-37-35-33-31-29-26-23-20-17-14-11-8-2/h20,23,29,31,35,37,58,61,67-68H,7-19,21-22,24-28,30,32-34,36,38-57,59-60,62-66H2,1-6H3,(H-,71,73,75,76)/p+1/b23-20-,31-29-,37-35-,61-58+. The number of rotatable bonds is 63. The number of phosphoric ester groups is 1. The van der Waals surface area contributed by atoms with Gasteiger partial charge >= 0.3 is 13.8 Å². The third-order valence-corrected chi connectivity index (χ3v) is 16.5. The number of nitrogens with zero attached hydrogens (tertiary/aromatic N) is 1. The van der Waals surface area contributed by atoms with Crippen LogP contribution in [0.2, 0.25) is 0 Å². The minimum atomic E-state index is -4.45. The Hall–Kier alpha value is -2.03. The summed E-state index contributed by atoms with van der Waals surface area (Å²) in [6.07, 6.45) is 75.4. The fraction of sp³-hybridized carbons (Fsp3) is 0.857. The first-order chi connectivity index (χ1) is 38.9. The number of likely N-dealkylation sites (N-methyl/N-ethyl adjacent to an activating group) is 1. The van der Waals surface area contributed by atoms with E-state index >= 15 is 0 Å². The van der Waals surface area contributed by atoms with Crippen LogP contribution < -0.4 is 5.32 Å². The van der Waals surface area contributed by atoms with Crippen LogP contribution in [0.3, 0.4) is 0 Å². The highest BCUT2D eigenvalue weighted by atomic mass is 31.2. The van der Waals surface area contributed by atoms with Crippen molar-refractivity contribution in [1.82, 2.24) is 5.32 Å². The second-order valence-corrected chi connectivity index (χ2v) is 26.2. The summed E-state index contributed by atoms with van der Waals surface area (Å²) in [5, 5.41) is 3.07. The maximum atomic E-state index is 13.6. The number of carbonyl (C=O) groups is 2. The second-order valence-electron chi connectivity index (χ2n) is 24.7. The van der Waals surface area contributed by atoms with Gasteiger partial charge in [-0.05, 0) is 70.3 Å². The highest BCUT2D eigenvalue weighted by molar-refractivity contribution is 7.47. The molecule has 3 atom stereocenters. The monoisotopic (exact) mass is 1150 g/mol. The van der Waals surface area contributed by atoms with E-state index in [9.17, 15) is 19.0 Å². The molecule has 0 aromatic carbocycles. The molecule has 470 valence electrons. The van der Waals surface area contributed by atoms with E-state index in [1.165, 1.54) is 218 Å². The van der Waals surface area contributed by atoms with Crippen molar-refractivity contribution in [3.05, 3.63) is 48.6 Å². The Kier molecular flexibility index (Phi) is 58.6. The predicted molar refractivity (Wildman–Crippen MR) is 346 cm³/mol. The molecule has 0 rings (SSSR count). The van der Waals surface area contributed by atoms with Crippen LogP contribution in [0.25, 0.3) is 0 Å². The van der Waals surface area contributed by atoms with Crippen LogP contribution in [0.15, 0.2) is 48.6 Å². The summed E-state index contributed by atoms with van der Waals surface area (Å²) in [7, 11) is 1.50. The molecular formula is C70H134N2O7P+. The Balaban J connectivity index is 5.12. The molecule has 0 fully saturated rings. The number of hydrogen-bond acceptors (Lipinski definition) is 6. The molecule has 0 aliphatic heterocycles. The van der Waals surface area contributed by atoms with Crippen LogP contribution in [0.5, 0.6) is 0 Å².